The van der Waals surface area contributed by atoms with Crippen molar-refractivity contribution in [3.63, 3.8) is 0 Å². The van der Waals surface area contributed by atoms with Crippen LogP contribution in [-0.4, -0.2) is 9.97 Å². The van der Waals surface area contributed by atoms with Gasteiger partial charge in [0, 0.05) is 25.5 Å². The predicted octanol–water partition coefficient (Wildman–Crippen LogP) is 2.92. The Morgan fingerprint density at radius 2 is 1.47 bits per heavy atom. The monoisotopic (exact) mass is 249 g/mol. The summed E-state index contributed by atoms with van der Waals surface area (Å²) in [5.74, 6) is 0. The van der Waals surface area contributed by atoms with Gasteiger partial charge in [-0.05, 0) is 23.3 Å². The number of nitrogens with one attached hydrogen (secondary N) is 1. The number of aromatic nitrogens is 2. The minimum absolute atomic E-state index is 0.835. The smallest absolute Gasteiger partial charge is 0.0890 e. The molecular formula is C16H15N3. The lowest BCUT2D eigenvalue weighted by atomic mass is 10.2. The molecule has 0 spiro atoms. The lowest BCUT2D eigenvalue weighted by Gasteiger charge is -2.05. The van der Waals surface area contributed by atoms with E-state index in [1.165, 1.54) is 11.1 Å². The number of nitrogens with zero attached hydrogens (tertiary/aromatic N) is 2. The normalized spacial score (nSPS) is 10.7. The number of hydrogen-bond donors (Lipinski definition) is 1. The zero-order valence-corrected chi connectivity index (χ0v) is 10.6. The molecule has 0 aliphatic rings. The van der Waals surface area contributed by atoms with Crippen LogP contribution in [0.25, 0.3) is 11.0 Å². The zero-order valence-electron chi connectivity index (χ0n) is 10.6. The van der Waals surface area contributed by atoms with Crippen LogP contribution in [0.4, 0.5) is 0 Å². The van der Waals surface area contributed by atoms with Gasteiger partial charge in [-0.25, -0.2) is 0 Å². The first-order chi connectivity index (χ1) is 9.42. The van der Waals surface area contributed by atoms with Gasteiger partial charge in [0.25, 0.3) is 0 Å². The van der Waals surface area contributed by atoms with Crippen LogP contribution >= 0.6 is 0 Å². The summed E-state index contributed by atoms with van der Waals surface area (Å²) in [5, 5.41) is 3.43. The lowest BCUT2D eigenvalue weighted by molar-refractivity contribution is 0.694. The van der Waals surface area contributed by atoms with E-state index in [0.29, 0.717) is 0 Å². The van der Waals surface area contributed by atoms with Crippen molar-refractivity contribution in [1.82, 2.24) is 15.3 Å². The molecule has 0 radical (unpaired) electrons. The Morgan fingerprint density at radius 3 is 2.32 bits per heavy atom. The molecule has 0 aliphatic carbocycles. The summed E-state index contributed by atoms with van der Waals surface area (Å²) in [7, 11) is 0. The Morgan fingerprint density at radius 1 is 0.737 bits per heavy atom. The Kier molecular flexibility index (Phi) is 3.47. The molecule has 0 saturated carbocycles. The quantitative estimate of drug-likeness (QED) is 0.772. The SMILES string of the molecule is c1ccc(CNCc2ccc3nccnc3c2)cc1. The van der Waals surface area contributed by atoms with E-state index in [9.17, 15) is 0 Å². The topological polar surface area (TPSA) is 37.8 Å². The maximum atomic E-state index is 4.32. The summed E-state index contributed by atoms with van der Waals surface area (Å²) in [6.45, 7) is 1.71. The summed E-state index contributed by atoms with van der Waals surface area (Å²) < 4.78 is 0. The van der Waals surface area contributed by atoms with Crippen molar-refractivity contribution < 1.29 is 0 Å². The minimum Gasteiger partial charge on any atom is -0.309 e. The molecule has 0 unspecified atom stereocenters. The molecule has 2 aromatic carbocycles. The number of rotatable bonds is 4. The maximum absolute atomic E-state index is 4.32. The Balaban J connectivity index is 1.65. The van der Waals surface area contributed by atoms with Crippen molar-refractivity contribution in [2.75, 3.05) is 0 Å². The Labute approximate surface area is 112 Å². The first-order valence-corrected chi connectivity index (χ1v) is 6.36. The molecule has 1 N–H and O–H groups in total. The van der Waals surface area contributed by atoms with E-state index < -0.39 is 0 Å². The molecule has 1 aromatic heterocycles. The van der Waals surface area contributed by atoms with E-state index in [1.54, 1.807) is 12.4 Å². The fourth-order valence-corrected chi connectivity index (χ4v) is 2.07. The third-order valence-electron chi connectivity index (χ3n) is 3.03. The van der Waals surface area contributed by atoms with Crippen LogP contribution in [0.5, 0.6) is 0 Å². The summed E-state index contributed by atoms with van der Waals surface area (Å²) in [4.78, 5) is 8.59. The highest BCUT2D eigenvalue weighted by Crippen LogP contribution is 2.10. The maximum Gasteiger partial charge on any atom is 0.0890 e. The van der Waals surface area contributed by atoms with Crippen LogP contribution in [0.15, 0.2) is 60.9 Å². The van der Waals surface area contributed by atoms with Gasteiger partial charge in [-0.3, -0.25) is 9.97 Å². The van der Waals surface area contributed by atoms with Gasteiger partial charge in [0.15, 0.2) is 0 Å². The van der Waals surface area contributed by atoms with Crippen LogP contribution in [0.3, 0.4) is 0 Å². The van der Waals surface area contributed by atoms with Gasteiger partial charge in [0.1, 0.15) is 0 Å². The van der Waals surface area contributed by atoms with Gasteiger partial charge in [-0.1, -0.05) is 36.4 Å². The average Bonchev–Trinajstić information content (AvgIpc) is 2.48. The number of benzene rings is 2. The largest absolute Gasteiger partial charge is 0.309 e. The van der Waals surface area contributed by atoms with E-state index in [-0.39, 0.29) is 0 Å². The molecule has 0 aliphatic heterocycles. The second-order valence-corrected chi connectivity index (χ2v) is 4.47. The molecule has 0 atom stereocenters. The molecule has 0 fully saturated rings. The summed E-state index contributed by atoms with van der Waals surface area (Å²) >= 11 is 0. The Bertz CT molecular complexity index is 665. The van der Waals surface area contributed by atoms with E-state index >= 15 is 0 Å². The molecular weight excluding hydrogens is 234 g/mol. The van der Waals surface area contributed by atoms with Crippen LogP contribution in [-0.2, 0) is 13.1 Å². The van der Waals surface area contributed by atoms with Gasteiger partial charge in [0.2, 0.25) is 0 Å². The summed E-state index contributed by atoms with van der Waals surface area (Å²) in [6, 6.07) is 16.6. The van der Waals surface area contributed by atoms with E-state index in [2.05, 4.69) is 51.7 Å². The molecule has 3 aromatic rings. The molecule has 1 heterocycles. The molecule has 19 heavy (non-hydrogen) atoms. The van der Waals surface area contributed by atoms with Gasteiger partial charge >= 0.3 is 0 Å². The standard InChI is InChI=1S/C16H15N3/c1-2-4-13(5-3-1)11-17-12-14-6-7-15-16(10-14)19-9-8-18-15/h1-10,17H,11-12H2. The first kappa shape index (κ1) is 11.8. The molecule has 94 valence electrons. The number of fused-ring (bicyclic) bond motifs is 1. The van der Waals surface area contributed by atoms with Gasteiger partial charge in [0.05, 0.1) is 11.0 Å². The van der Waals surface area contributed by atoms with Crippen molar-refractivity contribution in [2.24, 2.45) is 0 Å². The third kappa shape index (κ3) is 2.95. The molecule has 0 amide bonds. The van der Waals surface area contributed by atoms with Crippen molar-refractivity contribution in [1.29, 1.82) is 0 Å². The third-order valence-corrected chi connectivity index (χ3v) is 3.03. The second-order valence-electron chi connectivity index (χ2n) is 4.47. The number of hydrogen-bond acceptors (Lipinski definition) is 3. The van der Waals surface area contributed by atoms with Crippen molar-refractivity contribution in [3.05, 3.63) is 72.1 Å². The average molecular weight is 249 g/mol. The molecule has 3 heteroatoms. The van der Waals surface area contributed by atoms with E-state index in [0.717, 1.165) is 24.1 Å². The van der Waals surface area contributed by atoms with E-state index in [4.69, 9.17) is 0 Å². The highest BCUT2D eigenvalue weighted by Gasteiger charge is 1.98. The zero-order chi connectivity index (χ0) is 12.9. The fraction of sp³-hybridized carbons (Fsp3) is 0.125. The van der Waals surface area contributed by atoms with Crippen LogP contribution in [0.1, 0.15) is 11.1 Å². The fourth-order valence-electron chi connectivity index (χ4n) is 2.07. The highest BCUT2D eigenvalue weighted by molar-refractivity contribution is 5.74. The minimum atomic E-state index is 0.835. The van der Waals surface area contributed by atoms with Crippen molar-refractivity contribution in [2.45, 2.75) is 13.1 Å². The molecule has 3 nitrogen and oxygen atoms in total. The Hall–Kier alpha value is -2.26. The predicted molar refractivity (Wildman–Crippen MR) is 76.5 cm³/mol. The highest BCUT2D eigenvalue weighted by atomic mass is 14.8. The van der Waals surface area contributed by atoms with Crippen molar-refractivity contribution >= 4 is 11.0 Å². The first-order valence-electron chi connectivity index (χ1n) is 6.36. The summed E-state index contributed by atoms with van der Waals surface area (Å²) in [6.07, 6.45) is 3.44. The van der Waals surface area contributed by atoms with Gasteiger partial charge in [-0.2, -0.15) is 0 Å². The molecule has 0 saturated heterocycles. The van der Waals surface area contributed by atoms with Crippen LogP contribution in [0, 0.1) is 0 Å². The van der Waals surface area contributed by atoms with Crippen molar-refractivity contribution in [3.8, 4) is 0 Å². The van der Waals surface area contributed by atoms with Gasteiger partial charge in [-0.15, -0.1) is 0 Å². The summed E-state index contributed by atoms with van der Waals surface area (Å²) in [5.41, 5.74) is 4.41. The van der Waals surface area contributed by atoms with E-state index in [1.807, 2.05) is 12.1 Å². The van der Waals surface area contributed by atoms with Gasteiger partial charge < -0.3 is 5.32 Å². The lowest BCUT2D eigenvalue weighted by Crippen LogP contribution is -2.12. The molecule has 0 bridgehead atoms. The molecule has 3 rings (SSSR count). The van der Waals surface area contributed by atoms with Crippen LogP contribution < -0.4 is 5.32 Å². The second kappa shape index (κ2) is 5.59. The van der Waals surface area contributed by atoms with Crippen LogP contribution in [0.2, 0.25) is 0 Å².